The Bertz CT molecular complexity index is 1070. The monoisotopic (exact) mass is 550 g/mol. The maximum Gasteiger partial charge on any atom is 0.407 e. The molecule has 1 amide bonds. The summed E-state index contributed by atoms with van der Waals surface area (Å²) >= 11 is 14.7. The van der Waals surface area contributed by atoms with E-state index in [0.717, 1.165) is 34.9 Å². The fourth-order valence-electron chi connectivity index (χ4n) is 5.29. The molecule has 0 spiro atoms. The third-order valence-electron chi connectivity index (χ3n) is 7.45. The molecule has 4 fully saturated rings. The summed E-state index contributed by atoms with van der Waals surface area (Å²) in [6, 6.07) is 11.8. The van der Waals surface area contributed by atoms with Crippen molar-refractivity contribution in [2.45, 2.75) is 73.2 Å². The van der Waals surface area contributed by atoms with Gasteiger partial charge in [0.15, 0.2) is 0 Å². The molecule has 6 rings (SSSR count). The van der Waals surface area contributed by atoms with Crippen molar-refractivity contribution >= 4 is 41.1 Å². The van der Waals surface area contributed by atoms with E-state index >= 15 is 0 Å². The average molecular weight is 552 g/mol. The molecule has 2 N–H and O–H groups in total. The molecule has 2 aromatic rings. The van der Waals surface area contributed by atoms with Crippen LogP contribution >= 0.6 is 35.0 Å². The van der Waals surface area contributed by atoms with Gasteiger partial charge in [-0.05, 0) is 75.7 Å². The summed E-state index contributed by atoms with van der Waals surface area (Å²) in [5.41, 5.74) is 0.650. The molecule has 2 aromatic carbocycles. The van der Waals surface area contributed by atoms with Crippen LogP contribution in [0.15, 0.2) is 46.2 Å². The minimum Gasteiger partial charge on any atom is -0.488 e. The van der Waals surface area contributed by atoms with Gasteiger partial charge in [0.2, 0.25) is 0 Å². The van der Waals surface area contributed by atoms with Crippen molar-refractivity contribution in [3.63, 3.8) is 0 Å². The number of carbonyl (C=O) groups is 1. The molecule has 4 aliphatic rings. The number of hydrogen-bond donors (Lipinski definition) is 2. The van der Waals surface area contributed by atoms with Gasteiger partial charge in [-0.3, -0.25) is 4.90 Å². The molecular formula is C27H32Cl2N2O4S. The minimum absolute atomic E-state index is 0.0296. The molecule has 6 nitrogen and oxygen atoms in total. The van der Waals surface area contributed by atoms with Crippen molar-refractivity contribution in [2.75, 3.05) is 19.6 Å². The van der Waals surface area contributed by atoms with E-state index in [-0.39, 0.29) is 24.9 Å². The molecule has 1 atom stereocenters. The number of hydrogen-bond acceptors (Lipinski definition) is 6. The quantitative estimate of drug-likeness (QED) is 0.431. The van der Waals surface area contributed by atoms with Gasteiger partial charge in [0.1, 0.15) is 18.5 Å². The average Bonchev–Trinajstić information content (AvgIpc) is 2.89. The summed E-state index contributed by atoms with van der Waals surface area (Å²) in [5, 5.41) is 13.3. The summed E-state index contributed by atoms with van der Waals surface area (Å²) < 4.78 is 11.9. The number of halogens is 2. The first-order chi connectivity index (χ1) is 17.5. The molecule has 3 saturated heterocycles. The van der Waals surface area contributed by atoms with Gasteiger partial charge in [0.05, 0.1) is 21.0 Å². The minimum atomic E-state index is -0.485. The standard InChI is InChI=1S/C27H32Cl2N2O4S/c28-25-18(16-34-27(33)30-19-6-8-20(32)9-7-19)5-10-24(26(25)29)36-23-4-2-1-3-21(23)35-22-15-31-13-11-17(22)12-14-31/h1-5,10,17,19-20,22,32H,6-9,11-16H2,(H,30,33). The van der Waals surface area contributed by atoms with Gasteiger partial charge in [-0.25, -0.2) is 4.79 Å². The van der Waals surface area contributed by atoms with Crippen LogP contribution in [0.2, 0.25) is 10.0 Å². The zero-order valence-corrected chi connectivity index (χ0v) is 22.5. The van der Waals surface area contributed by atoms with E-state index < -0.39 is 6.09 Å². The topological polar surface area (TPSA) is 71.0 Å². The summed E-state index contributed by atoms with van der Waals surface area (Å²) in [5.74, 6) is 1.49. The summed E-state index contributed by atoms with van der Waals surface area (Å²) in [6.07, 6.45) is 4.76. The SMILES string of the molecule is O=C(NC1CCC(O)CC1)OCc1ccc(Sc2ccccc2OC2CN3CCC2CC3)c(Cl)c1Cl. The zero-order chi connectivity index (χ0) is 25.1. The number of fused-ring (bicyclic) bond motifs is 3. The number of rotatable bonds is 7. The van der Waals surface area contributed by atoms with Crippen LogP contribution in [0.25, 0.3) is 0 Å². The Morgan fingerprint density at radius 2 is 1.75 bits per heavy atom. The second-order valence-corrected chi connectivity index (χ2v) is 11.8. The highest BCUT2D eigenvalue weighted by atomic mass is 35.5. The first-order valence-electron chi connectivity index (χ1n) is 12.7. The van der Waals surface area contributed by atoms with Crippen LogP contribution in [0.4, 0.5) is 4.79 Å². The highest BCUT2D eigenvalue weighted by Crippen LogP contribution is 2.43. The van der Waals surface area contributed by atoms with Crippen molar-refractivity contribution in [1.82, 2.24) is 10.2 Å². The number of amides is 1. The normalized spacial score (nSPS) is 27.5. The molecule has 1 saturated carbocycles. The fourth-order valence-corrected chi connectivity index (χ4v) is 6.80. The Balaban J connectivity index is 1.20. The van der Waals surface area contributed by atoms with Crippen molar-refractivity contribution < 1.29 is 19.4 Å². The number of aliphatic hydroxyl groups excluding tert-OH is 1. The van der Waals surface area contributed by atoms with Crippen LogP contribution in [-0.4, -0.2) is 54.0 Å². The smallest absolute Gasteiger partial charge is 0.407 e. The van der Waals surface area contributed by atoms with Crippen LogP contribution < -0.4 is 10.1 Å². The Labute approximate surface area is 226 Å². The number of aliphatic hydroxyl groups is 1. The van der Waals surface area contributed by atoms with Crippen LogP contribution in [0.3, 0.4) is 0 Å². The van der Waals surface area contributed by atoms with Gasteiger partial charge in [0.25, 0.3) is 0 Å². The molecule has 2 bridgehead atoms. The molecule has 9 heteroatoms. The summed E-state index contributed by atoms with van der Waals surface area (Å²) in [4.78, 5) is 16.5. The number of ether oxygens (including phenoxy) is 2. The molecule has 1 unspecified atom stereocenters. The molecule has 1 aliphatic carbocycles. The highest BCUT2D eigenvalue weighted by Gasteiger charge is 2.35. The molecule has 3 heterocycles. The van der Waals surface area contributed by atoms with E-state index in [1.807, 2.05) is 36.4 Å². The van der Waals surface area contributed by atoms with Crippen molar-refractivity contribution in [1.29, 1.82) is 0 Å². The number of para-hydroxylation sites is 1. The molecule has 194 valence electrons. The molecule has 36 heavy (non-hydrogen) atoms. The third-order valence-corrected chi connectivity index (χ3v) is 9.60. The third kappa shape index (κ3) is 6.25. The first-order valence-corrected chi connectivity index (χ1v) is 14.3. The van der Waals surface area contributed by atoms with Gasteiger partial charge in [-0.1, -0.05) is 53.2 Å². The number of alkyl carbamates (subject to hydrolysis) is 1. The van der Waals surface area contributed by atoms with Crippen LogP contribution in [0.5, 0.6) is 5.75 Å². The van der Waals surface area contributed by atoms with Gasteiger partial charge in [-0.2, -0.15) is 0 Å². The van der Waals surface area contributed by atoms with Gasteiger partial charge < -0.3 is 19.9 Å². The predicted octanol–water partition coefficient (Wildman–Crippen LogP) is 6.15. The van der Waals surface area contributed by atoms with Crippen LogP contribution in [0, 0.1) is 5.92 Å². The Kier molecular flexibility index (Phi) is 8.53. The lowest BCUT2D eigenvalue weighted by Crippen LogP contribution is -2.52. The Morgan fingerprint density at radius 1 is 1.00 bits per heavy atom. The number of nitrogens with zero attached hydrogens (tertiary/aromatic N) is 1. The first kappa shape index (κ1) is 26.0. The second kappa shape index (κ2) is 11.8. The van der Waals surface area contributed by atoms with Crippen LogP contribution in [0.1, 0.15) is 44.1 Å². The summed E-state index contributed by atoms with van der Waals surface area (Å²) in [7, 11) is 0. The molecular weight excluding hydrogens is 519 g/mol. The molecule has 3 aliphatic heterocycles. The number of benzene rings is 2. The van der Waals surface area contributed by atoms with Gasteiger partial charge in [-0.15, -0.1) is 0 Å². The molecule has 0 aromatic heterocycles. The van der Waals surface area contributed by atoms with Crippen molar-refractivity contribution in [2.24, 2.45) is 5.92 Å². The highest BCUT2D eigenvalue weighted by molar-refractivity contribution is 7.99. The zero-order valence-electron chi connectivity index (χ0n) is 20.1. The number of carbonyl (C=O) groups excluding carboxylic acids is 1. The largest absolute Gasteiger partial charge is 0.488 e. The number of piperidine rings is 3. The van der Waals surface area contributed by atoms with E-state index in [1.54, 1.807) is 0 Å². The molecule has 0 radical (unpaired) electrons. The van der Waals surface area contributed by atoms with E-state index in [1.165, 1.54) is 37.7 Å². The van der Waals surface area contributed by atoms with Gasteiger partial charge >= 0.3 is 6.09 Å². The van der Waals surface area contributed by atoms with E-state index in [9.17, 15) is 9.90 Å². The van der Waals surface area contributed by atoms with E-state index in [2.05, 4.69) is 10.2 Å². The van der Waals surface area contributed by atoms with E-state index in [0.29, 0.717) is 34.4 Å². The van der Waals surface area contributed by atoms with Crippen molar-refractivity contribution in [3.05, 3.63) is 52.0 Å². The maximum absolute atomic E-state index is 12.2. The lowest BCUT2D eigenvalue weighted by atomic mass is 9.86. The predicted molar refractivity (Wildman–Crippen MR) is 142 cm³/mol. The fraction of sp³-hybridized carbons (Fsp3) is 0.519. The Morgan fingerprint density at radius 3 is 2.47 bits per heavy atom. The van der Waals surface area contributed by atoms with E-state index in [4.69, 9.17) is 32.7 Å². The maximum atomic E-state index is 12.2. The lowest BCUT2D eigenvalue weighted by molar-refractivity contribution is -0.00906. The van der Waals surface area contributed by atoms with Crippen LogP contribution in [-0.2, 0) is 11.3 Å². The second-order valence-electron chi connectivity index (χ2n) is 9.92. The lowest BCUT2D eigenvalue weighted by Gasteiger charge is -2.44. The summed E-state index contributed by atoms with van der Waals surface area (Å²) in [6.45, 7) is 3.38. The number of nitrogens with one attached hydrogen (secondary N) is 1. The van der Waals surface area contributed by atoms with Gasteiger partial charge in [0, 0.05) is 23.0 Å². The Hall–Kier alpha value is -1.64. The van der Waals surface area contributed by atoms with Crippen molar-refractivity contribution in [3.8, 4) is 5.75 Å².